The quantitative estimate of drug-likeness (QED) is 0.663. The van der Waals surface area contributed by atoms with Gasteiger partial charge in [-0.15, -0.1) is 21.5 Å². The van der Waals surface area contributed by atoms with Gasteiger partial charge in [0.15, 0.2) is 5.82 Å². The first-order chi connectivity index (χ1) is 12.1. The molecule has 0 aromatic carbocycles. The Balaban J connectivity index is 1.53. The summed E-state index contributed by atoms with van der Waals surface area (Å²) in [7, 11) is 0. The Kier molecular flexibility index (Phi) is 5.08. The summed E-state index contributed by atoms with van der Waals surface area (Å²) in [6.45, 7) is 7.12. The van der Waals surface area contributed by atoms with Crippen LogP contribution in [0.1, 0.15) is 26.6 Å². The first-order valence-corrected chi connectivity index (χ1v) is 8.86. The normalized spacial score (nSPS) is 10.7. The predicted molar refractivity (Wildman–Crippen MR) is 98.5 cm³/mol. The minimum Gasteiger partial charge on any atom is -0.367 e. The predicted octanol–water partition coefficient (Wildman–Crippen LogP) is 2.49. The van der Waals surface area contributed by atoms with Crippen LogP contribution >= 0.6 is 11.3 Å². The second-order valence-electron chi connectivity index (χ2n) is 5.64. The Hall–Kier alpha value is -2.74. The van der Waals surface area contributed by atoms with E-state index in [2.05, 4.69) is 25.9 Å². The summed E-state index contributed by atoms with van der Waals surface area (Å²) < 4.78 is 1.79. The third kappa shape index (κ3) is 3.85. The summed E-state index contributed by atoms with van der Waals surface area (Å²) >= 11 is 1.43. The minimum absolute atomic E-state index is 0.0573. The molecule has 3 aromatic heterocycles. The van der Waals surface area contributed by atoms with E-state index in [1.807, 2.05) is 44.4 Å². The van der Waals surface area contributed by atoms with Crippen molar-refractivity contribution in [1.29, 1.82) is 0 Å². The number of thiophene rings is 1. The van der Waals surface area contributed by atoms with E-state index in [1.54, 1.807) is 10.7 Å². The number of nitrogens with zero attached hydrogens (tertiary/aromatic N) is 4. The van der Waals surface area contributed by atoms with E-state index in [4.69, 9.17) is 0 Å². The van der Waals surface area contributed by atoms with Crippen LogP contribution in [0.25, 0.3) is 5.82 Å². The Labute approximate surface area is 150 Å². The van der Waals surface area contributed by atoms with Crippen LogP contribution in [0.3, 0.4) is 0 Å². The van der Waals surface area contributed by atoms with Crippen molar-refractivity contribution in [2.45, 2.75) is 20.8 Å². The third-order valence-electron chi connectivity index (χ3n) is 3.98. The van der Waals surface area contributed by atoms with E-state index >= 15 is 0 Å². The molecule has 2 N–H and O–H groups in total. The van der Waals surface area contributed by atoms with Gasteiger partial charge in [-0.3, -0.25) is 4.79 Å². The summed E-state index contributed by atoms with van der Waals surface area (Å²) in [5, 5.41) is 20.7. The molecule has 0 aliphatic rings. The van der Waals surface area contributed by atoms with Crippen molar-refractivity contribution >= 4 is 23.1 Å². The highest BCUT2D eigenvalue weighted by Crippen LogP contribution is 2.15. The largest absolute Gasteiger partial charge is 0.367 e. The molecule has 0 aliphatic heterocycles. The summed E-state index contributed by atoms with van der Waals surface area (Å²) in [4.78, 5) is 12.5. The van der Waals surface area contributed by atoms with Crippen molar-refractivity contribution in [3.8, 4) is 5.82 Å². The van der Waals surface area contributed by atoms with E-state index in [-0.39, 0.29) is 5.91 Å². The number of anilines is 1. The Bertz CT molecular complexity index is 854. The Morgan fingerprint density at radius 3 is 2.60 bits per heavy atom. The van der Waals surface area contributed by atoms with Crippen molar-refractivity contribution in [3.05, 3.63) is 51.5 Å². The fraction of sp³-hybridized carbons (Fsp3) is 0.294. The molecular weight excluding hydrogens is 336 g/mol. The Morgan fingerprint density at radius 2 is 2.00 bits per heavy atom. The molecule has 3 aromatic rings. The molecule has 0 spiro atoms. The lowest BCUT2D eigenvalue weighted by atomic mass is 10.2. The average molecular weight is 356 g/mol. The lowest BCUT2D eigenvalue weighted by Crippen LogP contribution is -2.28. The minimum atomic E-state index is -0.0573. The van der Waals surface area contributed by atoms with Crippen LogP contribution in [0.2, 0.25) is 0 Å². The lowest BCUT2D eigenvalue weighted by molar-refractivity contribution is 0.0959. The number of aromatic nitrogens is 4. The number of rotatable bonds is 6. The number of carbonyl (C=O) groups excluding carboxylic acids is 1. The molecular formula is C17H20N6OS. The first kappa shape index (κ1) is 17.1. The van der Waals surface area contributed by atoms with Gasteiger partial charge in [0.25, 0.3) is 5.91 Å². The molecule has 3 rings (SSSR count). The zero-order valence-electron chi connectivity index (χ0n) is 14.4. The lowest BCUT2D eigenvalue weighted by Gasteiger charge is -2.07. The number of nitrogens with one attached hydrogen (secondary N) is 2. The molecule has 0 radical (unpaired) electrons. The van der Waals surface area contributed by atoms with Crippen molar-refractivity contribution in [2.75, 3.05) is 18.4 Å². The standard InChI is InChI=1S/C17H20N6OS/c1-11-12(2)22-23(13(11)3)16-7-6-15(20-21-16)18-8-9-19-17(24)14-5-4-10-25-14/h4-7,10H,8-9H2,1-3H3,(H,18,20)(H,19,24). The highest BCUT2D eigenvalue weighted by molar-refractivity contribution is 7.12. The van der Waals surface area contributed by atoms with Gasteiger partial charge in [-0.05, 0) is 49.9 Å². The van der Waals surface area contributed by atoms with Crippen molar-refractivity contribution in [1.82, 2.24) is 25.3 Å². The summed E-state index contributed by atoms with van der Waals surface area (Å²) in [6.07, 6.45) is 0. The maximum absolute atomic E-state index is 11.8. The molecule has 0 unspecified atom stereocenters. The molecule has 25 heavy (non-hydrogen) atoms. The van der Waals surface area contributed by atoms with E-state index in [9.17, 15) is 4.79 Å². The maximum Gasteiger partial charge on any atom is 0.261 e. The van der Waals surface area contributed by atoms with Crippen LogP contribution in [0.5, 0.6) is 0 Å². The van der Waals surface area contributed by atoms with E-state index in [1.165, 1.54) is 11.3 Å². The molecule has 0 atom stereocenters. The number of hydrogen-bond acceptors (Lipinski definition) is 6. The van der Waals surface area contributed by atoms with Crippen LogP contribution in [0.4, 0.5) is 5.82 Å². The highest BCUT2D eigenvalue weighted by atomic mass is 32.1. The molecule has 8 heteroatoms. The van der Waals surface area contributed by atoms with Gasteiger partial charge in [-0.25, -0.2) is 4.68 Å². The zero-order valence-corrected chi connectivity index (χ0v) is 15.2. The van der Waals surface area contributed by atoms with Gasteiger partial charge in [-0.1, -0.05) is 6.07 Å². The smallest absolute Gasteiger partial charge is 0.261 e. The second kappa shape index (κ2) is 7.43. The summed E-state index contributed by atoms with van der Waals surface area (Å²) in [6, 6.07) is 7.39. The van der Waals surface area contributed by atoms with Crippen molar-refractivity contribution in [3.63, 3.8) is 0 Å². The number of amides is 1. The van der Waals surface area contributed by atoms with Crippen LogP contribution in [0.15, 0.2) is 29.6 Å². The van der Waals surface area contributed by atoms with Gasteiger partial charge in [0.05, 0.1) is 10.6 Å². The van der Waals surface area contributed by atoms with E-state index < -0.39 is 0 Å². The molecule has 1 amide bonds. The van der Waals surface area contributed by atoms with Gasteiger partial charge in [-0.2, -0.15) is 5.10 Å². The van der Waals surface area contributed by atoms with Crippen LogP contribution in [-0.2, 0) is 0 Å². The van der Waals surface area contributed by atoms with Crippen LogP contribution < -0.4 is 10.6 Å². The van der Waals surface area contributed by atoms with Gasteiger partial charge in [0.1, 0.15) is 5.82 Å². The Morgan fingerprint density at radius 1 is 1.16 bits per heavy atom. The summed E-state index contributed by atoms with van der Waals surface area (Å²) in [5.41, 5.74) is 3.21. The maximum atomic E-state index is 11.8. The summed E-state index contributed by atoms with van der Waals surface area (Å²) in [5.74, 6) is 1.29. The topological polar surface area (TPSA) is 84.7 Å². The monoisotopic (exact) mass is 356 g/mol. The van der Waals surface area contributed by atoms with Crippen LogP contribution in [0, 0.1) is 20.8 Å². The number of aryl methyl sites for hydroxylation is 1. The molecule has 7 nitrogen and oxygen atoms in total. The number of hydrogen-bond donors (Lipinski definition) is 2. The van der Waals surface area contributed by atoms with Gasteiger partial charge in [0.2, 0.25) is 0 Å². The fourth-order valence-corrected chi connectivity index (χ4v) is 2.98. The van der Waals surface area contributed by atoms with Gasteiger partial charge >= 0.3 is 0 Å². The highest BCUT2D eigenvalue weighted by Gasteiger charge is 2.10. The molecule has 0 saturated heterocycles. The SMILES string of the molecule is Cc1nn(-c2ccc(NCCNC(=O)c3cccs3)nn2)c(C)c1C. The molecule has 130 valence electrons. The van der Waals surface area contributed by atoms with Gasteiger partial charge < -0.3 is 10.6 Å². The van der Waals surface area contributed by atoms with Crippen molar-refractivity contribution in [2.24, 2.45) is 0 Å². The first-order valence-electron chi connectivity index (χ1n) is 7.99. The van der Waals surface area contributed by atoms with Crippen molar-refractivity contribution < 1.29 is 4.79 Å². The molecule has 0 aliphatic carbocycles. The zero-order chi connectivity index (χ0) is 17.8. The van der Waals surface area contributed by atoms with Crippen LogP contribution in [-0.4, -0.2) is 39.0 Å². The third-order valence-corrected chi connectivity index (χ3v) is 4.85. The number of carbonyl (C=O) groups is 1. The molecule has 0 saturated carbocycles. The molecule has 0 bridgehead atoms. The van der Waals surface area contributed by atoms with E-state index in [0.29, 0.717) is 29.6 Å². The molecule has 3 heterocycles. The average Bonchev–Trinajstić information content (AvgIpc) is 3.24. The van der Waals surface area contributed by atoms with Gasteiger partial charge in [0, 0.05) is 18.8 Å². The second-order valence-corrected chi connectivity index (χ2v) is 6.59. The molecule has 0 fully saturated rings. The van der Waals surface area contributed by atoms with E-state index in [0.717, 1.165) is 17.0 Å². The fourth-order valence-electron chi connectivity index (χ4n) is 2.34.